The van der Waals surface area contributed by atoms with Crippen LogP contribution in [0.15, 0.2) is 42.5 Å². The Morgan fingerprint density at radius 3 is 2.57 bits per heavy atom. The molecular weight excluding hydrogens is 314 g/mol. The summed E-state index contributed by atoms with van der Waals surface area (Å²) < 4.78 is 27.5. The number of benzene rings is 2. The third kappa shape index (κ3) is 3.85. The van der Waals surface area contributed by atoms with E-state index in [-0.39, 0.29) is 11.6 Å². The number of hydrogen-bond donors (Lipinski definition) is 1. The fourth-order valence-electron chi connectivity index (χ4n) is 2.43. The number of hydrogen-bond acceptors (Lipinski definition) is 1. The molecule has 1 fully saturated rings. The summed E-state index contributed by atoms with van der Waals surface area (Å²) in [7, 11) is 0. The highest BCUT2D eigenvalue weighted by molar-refractivity contribution is 7.80. The number of aryl methyl sites for hydroxylation is 1. The Hall–Kier alpha value is -2.01. The van der Waals surface area contributed by atoms with Crippen LogP contribution in [-0.4, -0.2) is 16.1 Å². The molecule has 2 nitrogen and oxygen atoms in total. The minimum Gasteiger partial charge on any atom is -0.342 e. The summed E-state index contributed by atoms with van der Waals surface area (Å²) in [6.45, 7) is 2.13. The summed E-state index contributed by atoms with van der Waals surface area (Å²) in [4.78, 5) is 1.98. The van der Waals surface area contributed by atoms with Gasteiger partial charge in [-0.3, -0.25) is 0 Å². The van der Waals surface area contributed by atoms with Gasteiger partial charge in [-0.05, 0) is 55.7 Å². The van der Waals surface area contributed by atoms with Gasteiger partial charge in [0.2, 0.25) is 0 Å². The first-order valence-electron chi connectivity index (χ1n) is 7.62. The molecule has 0 bridgehead atoms. The lowest BCUT2D eigenvalue weighted by molar-refractivity contribution is 0.400. The zero-order valence-corrected chi connectivity index (χ0v) is 13.7. The molecule has 0 saturated heterocycles. The minimum absolute atomic E-state index is 0.234. The Balaban J connectivity index is 1.74. The second-order valence-electron chi connectivity index (χ2n) is 5.84. The summed E-state index contributed by atoms with van der Waals surface area (Å²) in [6.07, 6.45) is 2.08. The van der Waals surface area contributed by atoms with E-state index in [4.69, 9.17) is 12.2 Å². The fraction of sp³-hybridized carbons (Fsp3) is 0.278. The van der Waals surface area contributed by atoms with Crippen LogP contribution in [0, 0.1) is 18.6 Å². The van der Waals surface area contributed by atoms with Crippen molar-refractivity contribution in [3.8, 4) is 0 Å². The normalized spacial score (nSPS) is 13.7. The highest BCUT2D eigenvalue weighted by Gasteiger charge is 2.31. The van der Waals surface area contributed by atoms with Crippen LogP contribution >= 0.6 is 12.2 Å². The van der Waals surface area contributed by atoms with E-state index >= 15 is 0 Å². The van der Waals surface area contributed by atoms with Crippen molar-refractivity contribution >= 4 is 23.0 Å². The van der Waals surface area contributed by atoms with Gasteiger partial charge in [0.25, 0.3) is 0 Å². The highest BCUT2D eigenvalue weighted by atomic mass is 32.1. The second kappa shape index (κ2) is 6.62. The Morgan fingerprint density at radius 1 is 1.17 bits per heavy atom. The lowest BCUT2D eigenvalue weighted by Crippen LogP contribution is -2.36. The Bertz CT molecular complexity index is 729. The smallest absolute Gasteiger partial charge is 0.173 e. The quantitative estimate of drug-likeness (QED) is 0.822. The highest BCUT2D eigenvalue weighted by Crippen LogP contribution is 2.29. The van der Waals surface area contributed by atoms with Crippen molar-refractivity contribution in [2.45, 2.75) is 32.4 Å². The fourth-order valence-corrected chi connectivity index (χ4v) is 2.76. The van der Waals surface area contributed by atoms with Crippen molar-refractivity contribution in [2.24, 2.45) is 0 Å². The molecule has 120 valence electrons. The average molecular weight is 332 g/mol. The number of halogens is 2. The molecule has 1 aliphatic carbocycles. The molecule has 2 aromatic rings. The van der Waals surface area contributed by atoms with E-state index < -0.39 is 0 Å². The molecule has 23 heavy (non-hydrogen) atoms. The molecule has 0 heterocycles. The van der Waals surface area contributed by atoms with Crippen LogP contribution in [0.1, 0.15) is 24.0 Å². The van der Waals surface area contributed by atoms with Gasteiger partial charge in [-0.25, -0.2) is 8.78 Å². The molecule has 0 unspecified atom stereocenters. The van der Waals surface area contributed by atoms with Crippen LogP contribution in [0.5, 0.6) is 0 Å². The van der Waals surface area contributed by atoms with Gasteiger partial charge in [0.1, 0.15) is 11.6 Å². The van der Waals surface area contributed by atoms with Crippen molar-refractivity contribution in [1.82, 2.24) is 4.90 Å². The zero-order valence-electron chi connectivity index (χ0n) is 12.9. The topological polar surface area (TPSA) is 15.3 Å². The van der Waals surface area contributed by atoms with E-state index in [1.807, 2.05) is 11.0 Å². The zero-order chi connectivity index (χ0) is 16.4. The van der Waals surface area contributed by atoms with Crippen molar-refractivity contribution in [3.63, 3.8) is 0 Å². The molecule has 0 aromatic heterocycles. The molecule has 0 spiro atoms. The van der Waals surface area contributed by atoms with E-state index in [1.165, 1.54) is 12.1 Å². The molecule has 0 aliphatic heterocycles. The maximum Gasteiger partial charge on any atom is 0.173 e. The van der Waals surface area contributed by atoms with Gasteiger partial charge in [0, 0.05) is 23.8 Å². The van der Waals surface area contributed by atoms with Gasteiger partial charge >= 0.3 is 0 Å². The van der Waals surface area contributed by atoms with Crippen LogP contribution in [0.2, 0.25) is 0 Å². The lowest BCUT2D eigenvalue weighted by Gasteiger charge is -2.26. The van der Waals surface area contributed by atoms with Gasteiger partial charge in [-0.15, -0.1) is 0 Å². The number of nitrogens with zero attached hydrogens (tertiary/aromatic N) is 1. The minimum atomic E-state index is -0.273. The monoisotopic (exact) mass is 332 g/mol. The van der Waals surface area contributed by atoms with Gasteiger partial charge in [-0.2, -0.15) is 0 Å². The van der Waals surface area contributed by atoms with Crippen LogP contribution in [0.25, 0.3) is 0 Å². The predicted octanol–water partition coefficient (Wildman–Crippen LogP) is 4.63. The van der Waals surface area contributed by atoms with Gasteiger partial charge in [-0.1, -0.05) is 24.3 Å². The molecule has 2 aromatic carbocycles. The molecule has 0 amide bonds. The summed E-state index contributed by atoms with van der Waals surface area (Å²) in [5.41, 5.74) is 1.81. The van der Waals surface area contributed by atoms with Gasteiger partial charge < -0.3 is 10.2 Å². The number of anilines is 1. The molecule has 0 atom stereocenters. The van der Waals surface area contributed by atoms with E-state index in [2.05, 4.69) is 5.32 Å². The molecule has 3 rings (SSSR count). The Morgan fingerprint density at radius 2 is 1.91 bits per heavy atom. The maximum atomic E-state index is 13.9. The third-order valence-corrected chi connectivity index (χ3v) is 4.31. The van der Waals surface area contributed by atoms with E-state index in [1.54, 1.807) is 31.2 Å². The predicted molar refractivity (Wildman–Crippen MR) is 92.3 cm³/mol. The van der Waals surface area contributed by atoms with Gasteiger partial charge in [0.15, 0.2) is 5.11 Å². The van der Waals surface area contributed by atoms with Crippen LogP contribution in [0.4, 0.5) is 14.5 Å². The summed E-state index contributed by atoms with van der Waals surface area (Å²) in [5.74, 6) is -0.507. The molecular formula is C18H18F2N2S. The first kappa shape index (κ1) is 15.9. The van der Waals surface area contributed by atoms with Crippen molar-refractivity contribution < 1.29 is 8.78 Å². The van der Waals surface area contributed by atoms with E-state index in [9.17, 15) is 8.78 Å². The van der Waals surface area contributed by atoms with Crippen LogP contribution < -0.4 is 5.32 Å². The largest absolute Gasteiger partial charge is 0.342 e. The molecule has 0 radical (unpaired) electrons. The van der Waals surface area contributed by atoms with Gasteiger partial charge in [0.05, 0.1) is 0 Å². The lowest BCUT2D eigenvalue weighted by atomic mass is 10.2. The standard InChI is InChI=1S/C18H18F2N2S/c1-12-6-7-14(10-17(12)20)21-18(23)22(15-8-9-15)11-13-4-2-3-5-16(13)19/h2-7,10,15H,8-9,11H2,1H3,(H,21,23). The van der Waals surface area contributed by atoms with Crippen molar-refractivity contribution in [3.05, 3.63) is 65.2 Å². The first-order chi connectivity index (χ1) is 11.0. The third-order valence-electron chi connectivity index (χ3n) is 3.97. The van der Waals surface area contributed by atoms with Crippen LogP contribution in [0.3, 0.4) is 0 Å². The van der Waals surface area contributed by atoms with E-state index in [0.29, 0.717) is 34.5 Å². The molecule has 1 aliphatic rings. The molecule has 5 heteroatoms. The summed E-state index contributed by atoms with van der Waals surface area (Å²) >= 11 is 5.46. The van der Waals surface area contributed by atoms with E-state index in [0.717, 1.165) is 12.8 Å². The second-order valence-corrected chi connectivity index (χ2v) is 6.23. The first-order valence-corrected chi connectivity index (χ1v) is 8.02. The maximum absolute atomic E-state index is 13.9. The van der Waals surface area contributed by atoms with Crippen molar-refractivity contribution in [1.29, 1.82) is 0 Å². The number of nitrogens with one attached hydrogen (secondary N) is 1. The number of rotatable bonds is 4. The summed E-state index contributed by atoms with van der Waals surface area (Å²) in [6, 6.07) is 11.9. The Kier molecular flexibility index (Phi) is 4.57. The van der Waals surface area contributed by atoms with Crippen molar-refractivity contribution in [2.75, 3.05) is 5.32 Å². The number of thiocarbonyl (C=S) groups is 1. The average Bonchev–Trinajstić information content (AvgIpc) is 3.35. The summed E-state index contributed by atoms with van der Waals surface area (Å²) in [5, 5.41) is 3.57. The molecule has 1 N–H and O–H groups in total. The molecule has 1 saturated carbocycles. The van der Waals surface area contributed by atoms with Crippen LogP contribution in [-0.2, 0) is 6.54 Å². The SMILES string of the molecule is Cc1ccc(NC(=S)N(Cc2ccccc2F)C2CC2)cc1F. The Labute approximate surface area is 140 Å².